The fourth-order valence-corrected chi connectivity index (χ4v) is 3.72. The van der Waals surface area contributed by atoms with E-state index in [0.29, 0.717) is 28.6 Å². The van der Waals surface area contributed by atoms with Crippen LogP contribution in [0.4, 0.5) is 0 Å². The molecule has 0 bridgehead atoms. The van der Waals surface area contributed by atoms with Gasteiger partial charge in [0.05, 0.1) is 28.4 Å². The maximum absolute atomic E-state index is 13.2. The molecule has 5 nitrogen and oxygen atoms in total. The molecule has 1 aliphatic rings. The van der Waals surface area contributed by atoms with Crippen LogP contribution in [0.25, 0.3) is 28.0 Å². The molecule has 3 aromatic rings. The molecule has 4 rings (SSSR count). The highest BCUT2D eigenvalue weighted by Crippen LogP contribution is 2.44. The van der Waals surface area contributed by atoms with E-state index in [1.165, 1.54) is 7.11 Å². The van der Waals surface area contributed by atoms with Crippen molar-refractivity contribution in [2.24, 2.45) is 0 Å². The van der Waals surface area contributed by atoms with Crippen LogP contribution in [0.3, 0.4) is 0 Å². The summed E-state index contributed by atoms with van der Waals surface area (Å²) in [5.74, 6) is 1.74. The van der Waals surface area contributed by atoms with Gasteiger partial charge in [-0.15, -0.1) is 0 Å². The van der Waals surface area contributed by atoms with Gasteiger partial charge in [0, 0.05) is 10.9 Å². The first-order valence-corrected chi connectivity index (χ1v) is 8.79. The number of hydrogen-bond donors (Lipinski definition) is 0. The van der Waals surface area contributed by atoms with Crippen molar-refractivity contribution in [3.8, 4) is 28.4 Å². The van der Waals surface area contributed by atoms with Crippen LogP contribution in [-0.4, -0.2) is 34.2 Å². The summed E-state index contributed by atoms with van der Waals surface area (Å²) in [5, 5.41) is 1.92. The number of benzene rings is 3. The maximum Gasteiger partial charge on any atom is 0.228 e. The second kappa shape index (κ2) is 6.93. The van der Waals surface area contributed by atoms with Gasteiger partial charge in [0.15, 0.2) is 17.3 Å². The number of hydrogen-bond acceptors (Lipinski definition) is 5. The molecule has 142 valence electrons. The summed E-state index contributed by atoms with van der Waals surface area (Å²) >= 11 is 0. The third kappa shape index (κ3) is 2.59. The molecule has 0 fully saturated rings. The molecule has 0 N–H and O–H groups in total. The number of ketones is 1. The van der Waals surface area contributed by atoms with Crippen LogP contribution in [0, 0.1) is 0 Å². The summed E-state index contributed by atoms with van der Waals surface area (Å²) < 4.78 is 21.7. The topological polar surface area (TPSA) is 54.0 Å². The number of ether oxygens (including phenoxy) is 4. The van der Waals surface area contributed by atoms with Crippen molar-refractivity contribution in [1.82, 2.24) is 0 Å². The Kier molecular flexibility index (Phi) is 4.43. The molecule has 5 heteroatoms. The van der Waals surface area contributed by atoms with E-state index < -0.39 is 0 Å². The first-order valence-electron chi connectivity index (χ1n) is 8.79. The zero-order valence-electron chi connectivity index (χ0n) is 16.2. The number of carbonyl (C=O) groups excluding carboxylic acids is 1. The number of Topliss-reactive ketones (excluding diaryl/α,β-unsaturated/α-hetero) is 1. The van der Waals surface area contributed by atoms with Crippen LogP contribution in [0.15, 0.2) is 48.2 Å². The van der Waals surface area contributed by atoms with Crippen LogP contribution in [-0.2, 0) is 4.74 Å². The minimum absolute atomic E-state index is 0.143. The van der Waals surface area contributed by atoms with Crippen molar-refractivity contribution >= 4 is 22.6 Å². The zero-order valence-corrected chi connectivity index (χ0v) is 16.2. The minimum Gasteiger partial charge on any atom is -0.493 e. The third-order valence-electron chi connectivity index (χ3n) is 5.01. The first kappa shape index (κ1) is 17.9. The summed E-state index contributed by atoms with van der Waals surface area (Å²) in [4.78, 5) is 13.2. The van der Waals surface area contributed by atoms with Crippen LogP contribution in [0.1, 0.15) is 15.9 Å². The van der Waals surface area contributed by atoms with Crippen LogP contribution >= 0.6 is 0 Å². The van der Waals surface area contributed by atoms with Crippen LogP contribution in [0.5, 0.6) is 17.2 Å². The van der Waals surface area contributed by atoms with Gasteiger partial charge in [-0.25, -0.2) is 0 Å². The van der Waals surface area contributed by atoms with Crippen molar-refractivity contribution in [3.63, 3.8) is 0 Å². The molecule has 0 aromatic heterocycles. The van der Waals surface area contributed by atoms with Gasteiger partial charge >= 0.3 is 0 Å². The summed E-state index contributed by atoms with van der Waals surface area (Å²) in [6, 6.07) is 13.6. The quantitative estimate of drug-likeness (QED) is 0.645. The van der Waals surface area contributed by atoms with Crippen molar-refractivity contribution < 1.29 is 23.7 Å². The predicted molar refractivity (Wildman–Crippen MR) is 108 cm³/mol. The molecule has 1 aliphatic carbocycles. The Labute approximate surface area is 163 Å². The second-order valence-corrected chi connectivity index (χ2v) is 6.39. The van der Waals surface area contributed by atoms with Gasteiger partial charge in [-0.3, -0.25) is 4.79 Å². The molecule has 0 saturated carbocycles. The van der Waals surface area contributed by atoms with Crippen molar-refractivity contribution in [2.75, 3.05) is 28.4 Å². The van der Waals surface area contributed by atoms with Gasteiger partial charge in [-0.05, 0) is 40.3 Å². The summed E-state index contributed by atoms with van der Waals surface area (Å²) in [5.41, 5.74) is 3.15. The fraction of sp³-hybridized carbons (Fsp3) is 0.174. The molecule has 0 unspecified atom stereocenters. The lowest BCUT2D eigenvalue weighted by atomic mass is 9.85. The Balaban J connectivity index is 2.05. The largest absolute Gasteiger partial charge is 0.493 e. The van der Waals surface area contributed by atoms with E-state index in [-0.39, 0.29) is 5.78 Å². The molecule has 0 atom stereocenters. The highest BCUT2D eigenvalue weighted by atomic mass is 16.5. The molecule has 0 heterocycles. The van der Waals surface area contributed by atoms with E-state index >= 15 is 0 Å². The van der Waals surface area contributed by atoms with Crippen molar-refractivity contribution in [1.29, 1.82) is 0 Å². The predicted octanol–water partition coefficient (Wildman–Crippen LogP) is 4.72. The second-order valence-electron chi connectivity index (χ2n) is 6.39. The molecular formula is C23H20O5. The molecule has 0 aliphatic heterocycles. The Bertz CT molecular complexity index is 1100. The maximum atomic E-state index is 13.2. The zero-order chi connectivity index (χ0) is 19.8. The van der Waals surface area contributed by atoms with Crippen molar-refractivity contribution in [2.45, 2.75) is 0 Å². The number of methoxy groups -OCH3 is 4. The first-order chi connectivity index (χ1) is 13.6. The normalized spacial score (nSPS) is 12.6. The van der Waals surface area contributed by atoms with Crippen LogP contribution in [0.2, 0.25) is 0 Å². The highest BCUT2D eigenvalue weighted by molar-refractivity contribution is 6.25. The van der Waals surface area contributed by atoms with E-state index in [0.717, 1.165) is 27.5 Å². The SMILES string of the molecule is COC1=Cc2cccc3ccc(-c4cc(OC)c(OC)c(OC)c4)c(c23)C1=O. The van der Waals surface area contributed by atoms with E-state index in [2.05, 4.69) is 0 Å². The highest BCUT2D eigenvalue weighted by Gasteiger charge is 2.27. The monoisotopic (exact) mass is 376 g/mol. The summed E-state index contributed by atoms with van der Waals surface area (Å²) in [6.45, 7) is 0. The molecule has 0 radical (unpaired) electrons. The van der Waals surface area contributed by atoms with Crippen LogP contribution < -0.4 is 14.2 Å². The van der Waals surface area contributed by atoms with Gasteiger partial charge in [0.1, 0.15) is 0 Å². The number of carbonyl (C=O) groups is 1. The Hall–Kier alpha value is -3.47. The number of allylic oxidation sites excluding steroid dienone is 1. The van der Waals surface area contributed by atoms with E-state index in [4.69, 9.17) is 18.9 Å². The van der Waals surface area contributed by atoms with E-state index in [1.54, 1.807) is 27.4 Å². The lowest BCUT2D eigenvalue weighted by molar-refractivity contribution is 0.0958. The third-order valence-corrected chi connectivity index (χ3v) is 5.01. The Morgan fingerprint density at radius 2 is 1.50 bits per heavy atom. The average Bonchev–Trinajstić information content (AvgIpc) is 2.74. The standard InChI is InChI=1S/C23H20O5/c1-25-17-10-14-7-5-6-13-8-9-16(21(20(13)14)22(17)24)15-11-18(26-2)23(28-4)19(12-15)27-3/h5-12H,1-4H3. The number of rotatable bonds is 5. The summed E-state index contributed by atoms with van der Waals surface area (Å²) in [7, 11) is 6.21. The Morgan fingerprint density at radius 3 is 2.11 bits per heavy atom. The molecule has 28 heavy (non-hydrogen) atoms. The van der Waals surface area contributed by atoms with Gasteiger partial charge in [-0.2, -0.15) is 0 Å². The van der Waals surface area contributed by atoms with Gasteiger partial charge < -0.3 is 18.9 Å². The lowest BCUT2D eigenvalue weighted by Crippen LogP contribution is -2.12. The molecular weight excluding hydrogens is 356 g/mol. The molecule has 0 amide bonds. The van der Waals surface area contributed by atoms with E-state index in [9.17, 15) is 4.79 Å². The van der Waals surface area contributed by atoms with Crippen molar-refractivity contribution in [3.05, 3.63) is 59.4 Å². The minimum atomic E-state index is -0.143. The fourth-order valence-electron chi connectivity index (χ4n) is 3.72. The molecule has 3 aromatic carbocycles. The van der Waals surface area contributed by atoms with Gasteiger partial charge in [0.25, 0.3) is 0 Å². The summed E-state index contributed by atoms with van der Waals surface area (Å²) in [6.07, 6.45) is 1.79. The average molecular weight is 376 g/mol. The smallest absolute Gasteiger partial charge is 0.228 e. The van der Waals surface area contributed by atoms with Gasteiger partial charge in [-0.1, -0.05) is 30.3 Å². The molecule has 0 spiro atoms. The lowest BCUT2D eigenvalue weighted by Gasteiger charge is -2.20. The molecule has 0 saturated heterocycles. The Morgan fingerprint density at radius 1 is 0.786 bits per heavy atom. The van der Waals surface area contributed by atoms with Gasteiger partial charge in [0.2, 0.25) is 11.5 Å². The van der Waals surface area contributed by atoms with E-state index in [1.807, 2.05) is 42.5 Å².